The van der Waals surface area contributed by atoms with E-state index in [0.29, 0.717) is 12.8 Å². The quantitative estimate of drug-likeness (QED) is 0.922. The van der Waals surface area contributed by atoms with E-state index in [1.165, 1.54) is 24.3 Å². The van der Waals surface area contributed by atoms with Gasteiger partial charge in [-0.3, -0.25) is 9.59 Å². The fourth-order valence-electron chi connectivity index (χ4n) is 2.47. The number of aliphatic carboxylic acids is 1. The molecule has 1 aliphatic rings. The third kappa shape index (κ3) is 2.79. The number of carbonyl (C=O) groups excluding carboxylic acids is 1. The van der Waals surface area contributed by atoms with E-state index in [9.17, 15) is 18.4 Å². The van der Waals surface area contributed by atoms with Crippen LogP contribution in [0, 0.1) is 0 Å². The van der Waals surface area contributed by atoms with Crippen molar-refractivity contribution in [3.05, 3.63) is 35.9 Å². The molecule has 1 saturated heterocycles. The van der Waals surface area contributed by atoms with E-state index in [-0.39, 0.29) is 18.5 Å². The zero-order valence-corrected chi connectivity index (χ0v) is 10.8. The molecule has 108 valence electrons. The van der Waals surface area contributed by atoms with Gasteiger partial charge in [-0.05, 0) is 12.8 Å². The second kappa shape index (κ2) is 5.56. The van der Waals surface area contributed by atoms with Crippen molar-refractivity contribution in [1.29, 1.82) is 0 Å². The molecule has 2 rings (SSSR count). The molecule has 1 N–H and O–H groups in total. The molecule has 1 aromatic carbocycles. The van der Waals surface area contributed by atoms with E-state index in [1.54, 1.807) is 6.07 Å². The summed E-state index contributed by atoms with van der Waals surface area (Å²) in [7, 11) is 0. The lowest BCUT2D eigenvalue weighted by atomic mass is 10.1. The molecule has 0 bridgehead atoms. The molecule has 0 aliphatic carbocycles. The number of nitrogens with zero attached hydrogens (tertiary/aromatic N) is 1. The van der Waals surface area contributed by atoms with Crippen molar-refractivity contribution in [1.82, 2.24) is 4.90 Å². The van der Waals surface area contributed by atoms with Crippen LogP contribution in [-0.2, 0) is 15.5 Å². The Morgan fingerprint density at radius 3 is 2.55 bits per heavy atom. The van der Waals surface area contributed by atoms with Gasteiger partial charge in [0.1, 0.15) is 0 Å². The third-order valence-electron chi connectivity index (χ3n) is 3.45. The second-order valence-corrected chi connectivity index (χ2v) is 4.83. The summed E-state index contributed by atoms with van der Waals surface area (Å²) in [5, 5.41) is 8.77. The van der Waals surface area contributed by atoms with Gasteiger partial charge < -0.3 is 10.0 Å². The Morgan fingerprint density at radius 2 is 1.95 bits per heavy atom. The van der Waals surface area contributed by atoms with Crippen LogP contribution in [0.2, 0.25) is 0 Å². The Kier molecular flexibility index (Phi) is 4.01. The van der Waals surface area contributed by atoms with Gasteiger partial charge in [0.05, 0.1) is 6.42 Å². The average Bonchev–Trinajstić information content (AvgIpc) is 2.86. The van der Waals surface area contributed by atoms with Crippen LogP contribution in [-0.4, -0.2) is 34.5 Å². The highest BCUT2D eigenvalue weighted by Gasteiger charge is 2.46. The van der Waals surface area contributed by atoms with Crippen LogP contribution >= 0.6 is 0 Å². The molecule has 1 unspecified atom stereocenters. The highest BCUT2D eigenvalue weighted by Crippen LogP contribution is 2.33. The summed E-state index contributed by atoms with van der Waals surface area (Å²) in [5.74, 6) is -6.02. The number of hydrogen-bond donors (Lipinski definition) is 1. The predicted molar refractivity (Wildman–Crippen MR) is 67.3 cm³/mol. The maximum atomic E-state index is 14.2. The Morgan fingerprint density at radius 1 is 1.30 bits per heavy atom. The van der Waals surface area contributed by atoms with Crippen molar-refractivity contribution < 1.29 is 23.5 Å². The number of benzene rings is 1. The number of alkyl halides is 2. The van der Waals surface area contributed by atoms with Gasteiger partial charge in [-0.2, -0.15) is 8.78 Å². The smallest absolute Gasteiger partial charge is 0.349 e. The fraction of sp³-hybridized carbons (Fsp3) is 0.429. The van der Waals surface area contributed by atoms with Gasteiger partial charge in [0.15, 0.2) is 0 Å². The lowest BCUT2D eigenvalue weighted by Crippen LogP contribution is -2.45. The molecule has 0 spiro atoms. The highest BCUT2D eigenvalue weighted by molar-refractivity contribution is 5.85. The third-order valence-corrected chi connectivity index (χ3v) is 3.45. The first kappa shape index (κ1) is 14.4. The Labute approximate surface area is 115 Å². The minimum atomic E-state index is -3.62. The van der Waals surface area contributed by atoms with Gasteiger partial charge in [-0.15, -0.1) is 0 Å². The van der Waals surface area contributed by atoms with E-state index < -0.39 is 23.8 Å². The minimum absolute atomic E-state index is 0.180. The molecule has 1 aromatic rings. The van der Waals surface area contributed by atoms with Crippen molar-refractivity contribution in [2.24, 2.45) is 0 Å². The summed E-state index contributed by atoms with van der Waals surface area (Å²) in [6.45, 7) is 0.180. The Hall–Kier alpha value is -1.98. The first-order chi connectivity index (χ1) is 9.43. The number of carboxylic acid groups (broad SMARTS) is 1. The predicted octanol–water partition coefficient (Wildman–Crippen LogP) is 2.24. The topological polar surface area (TPSA) is 57.6 Å². The molecule has 6 heteroatoms. The molecule has 0 aromatic heterocycles. The van der Waals surface area contributed by atoms with Crippen molar-refractivity contribution in [3.8, 4) is 0 Å². The summed E-state index contributed by atoms with van der Waals surface area (Å²) >= 11 is 0. The van der Waals surface area contributed by atoms with Gasteiger partial charge in [0, 0.05) is 18.2 Å². The summed E-state index contributed by atoms with van der Waals surface area (Å²) < 4.78 is 28.3. The first-order valence-corrected chi connectivity index (χ1v) is 6.39. The number of likely N-dealkylation sites (tertiary alicyclic amines) is 1. The summed E-state index contributed by atoms with van der Waals surface area (Å²) in [5.41, 5.74) is -0.369. The number of halogens is 2. The van der Waals surface area contributed by atoms with Crippen molar-refractivity contribution in [2.45, 2.75) is 31.2 Å². The molecule has 1 fully saturated rings. The van der Waals surface area contributed by atoms with Gasteiger partial charge in [0.2, 0.25) is 0 Å². The number of carbonyl (C=O) groups is 2. The number of rotatable bonds is 4. The molecule has 4 nitrogen and oxygen atoms in total. The van der Waals surface area contributed by atoms with E-state index in [0.717, 1.165) is 4.90 Å². The number of carboxylic acids is 1. The van der Waals surface area contributed by atoms with E-state index >= 15 is 0 Å². The molecular formula is C14H15F2NO3. The van der Waals surface area contributed by atoms with E-state index in [2.05, 4.69) is 0 Å². The lowest BCUT2D eigenvalue weighted by molar-refractivity contribution is -0.160. The average molecular weight is 283 g/mol. The summed E-state index contributed by atoms with van der Waals surface area (Å²) in [6.07, 6.45) is 0.702. The zero-order valence-electron chi connectivity index (χ0n) is 10.8. The number of hydrogen-bond acceptors (Lipinski definition) is 2. The second-order valence-electron chi connectivity index (χ2n) is 4.83. The molecule has 1 amide bonds. The van der Waals surface area contributed by atoms with E-state index in [1.807, 2.05) is 0 Å². The van der Waals surface area contributed by atoms with Gasteiger partial charge in [-0.25, -0.2) is 0 Å². The molecule has 1 aliphatic heterocycles. The van der Waals surface area contributed by atoms with Crippen LogP contribution in [0.4, 0.5) is 8.78 Å². The van der Waals surface area contributed by atoms with Crippen molar-refractivity contribution >= 4 is 11.9 Å². The van der Waals surface area contributed by atoms with E-state index in [4.69, 9.17) is 5.11 Å². The molecule has 0 radical (unpaired) electrons. The van der Waals surface area contributed by atoms with Crippen LogP contribution in [0.5, 0.6) is 0 Å². The maximum absolute atomic E-state index is 14.2. The number of amides is 1. The van der Waals surface area contributed by atoms with Crippen LogP contribution in [0.1, 0.15) is 24.8 Å². The highest BCUT2D eigenvalue weighted by atomic mass is 19.3. The SMILES string of the molecule is O=C(O)CC1CCCN1C(=O)C(F)(F)c1ccccc1. The molecular weight excluding hydrogens is 268 g/mol. The normalized spacial score (nSPS) is 19.1. The largest absolute Gasteiger partial charge is 0.481 e. The van der Waals surface area contributed by atoms with Crippen molar-refractivity contribution in [3.63, 3.8) is 0 Å². The maximum Gasteiger partial charge on any atom is 0.349 e. The van der Waals surface area contributed by atoms with Gasteiger partial charge in [-0.1, -0.05) is 30.3 Å². The van der Waals surface area contributed by atoms with Crippen LogP contribution < -0.4 is 0 Å². The van der Waals surface area contributed by atoms with Crippen molar-refractivity contribution in [2.75, 3.05) is 6.54 Å². The standard InChI is InChI=1S/C14H15F2NO3/c15-14(16,10-5-2-1-3-6-10)13(20)17-8-4-7-11(17)9-12(18)19/h1-3,5-6,11H,4,7-9H2,(H,18,19). The Bertz CT molecular complexity index is 504. The van der Waals surface area contributed by atoms with Gasteiger partial charge in [0.25, 0.3) is 5.91 Å². The zero-order chi connectivity index (χ0) is 14.8. The molecule has 0 saturated carbocycles. The molecule has 20 heavy (non-hydrogen) atoms. The van der Waals surface area contributed by atoms with Crippen LogP contribution in [0.3, 0.4) is 0 Å². The molecule has 1 heterocycles. The molecule has 1 atom stereocenters. The minimum Gasteiger partial charge on any atom is -0.481 e. The van der Waals surface area contributed by atoms with Gasteiger partial charge >= 0.3 is 11.9 Å². The summed E-state index contributed by atoms with van der Waals surface area (Å²) in [6, 6.07) is 6.22. The van der Waals surface area contributed by atoms with Crippen LogP contribution in [0.25, 0.3) is 0 Å². The Balaban J connectivity index is 2.19. The lowest BCUT2D eigenvalue weighted by Gasteiger charge is -2.28. The monoisotopic (exact) mass is 283 g/mol. The fourth-order valence-corrected chi connectivity index (χ4v) is 2.47. The van der Waals surface area contributed by atoms with Crippen LogP contribution in [0.15, 0.2) is 30.3 Å². The summed E-state index contributed by atoms with van der Waals surface area (Å²) in [4.78, 5) is 23.8. The first-order valence-electron chi connectivity index (χ1n) is 6.39.